The van der Waals surface area contributed by atoms with Gasteiger partial charge in [-0.2, -0.15) is 5.26 Å². The summed E-state index contributed by atoms with van der Waals surface area (Å²) in [5.41, 5.74) is 0.924. The van der Waals surface area contributed by atoms with E-state index in [0.717, 1.165) is 6.42 Å². The lowest BCUT2D eigenvalue weighted by Crippen LogP contribution is -2.28. The molecule has 0 fully saturated rings. The van der Waals surface area contributed by atoms with Crippen molar-refractivity contribution in [1.29, 1.82) is 5.26 Å². The highest BCUT2D eigenvalue weighted by molar-refractivity contribution is 5.77. The Bertz CT molecular complexity index is 395. The molecule has 0 aliphatic carbocycles. The predicted octanol–water partition coefficient (Wildman–Crippen LogP) is 1.62. The molecule has 1 aromatic heterocycles. The van der Waals surface area contributed by atoms with Crippen molar-refractivity contribution in [2.45, 2.75) is 25.8 Å². The second kappa shape index (κ2) is 5.71. The molecule has 0 aliphatic rings. The summed E-state index contributed by atoms with van der Waals surface area (Å²) in [6.45, 7) is 1.93. The Morgan fingerprint density at radius 2 is 2.44 bits per heavy atom. The monoisotopic (exact) mass is 219 g/mol. The average molecular weight is 219 g/mol. The number of nitrogens with zero attached hydrogens (tertiary/aromatic N) is 2. The first-order valence-corrected chi connectivity index (χ1v) is 5.03. The number of pyridine rings is 1. The van der Waals surface area contributed by atoms with Gasteiger partial charge in [-0.3, -0.25) is 0 Å². The van der Waals surface area contributed by atoms with E-state index in [1.54, 1.807) is 12.1 Å². The number of carboxylic acids is 1. The smallest absolute Gasteiger partial charge is 0.326 e. The highest BCUT2D eigenvalue weighted by Crippen LogP contribution is 2.10. The van der Waals surface area contributed by atoms with E-state index in [1.165, 1.54) is 6.20 Å². The third-order valence-electron chi connectivity index (χ3n) is 2.09. The second-order valence-electron chi connectivity index (χ2n) is 3.37. The normalized spacial score (nSPS) is 11.5. The van der Waals surface area contributed by atoms with Crippen LogP contribution in [0.4, 0.5) is 5.69 Å². The summed E-state index contributed by atoms with van der Waals surface area (Å²) in [5.74, 6) is -0.883. The van der Waals surface area contributed by atoms with E-state index in [-0.39, 0.29) is 0 Å². The first kappa shape index (κ1) is 12.0. The van der Waals surface area contributed by atoms with E-state index in [2.05, 4.69) is 10.3 Å². The Kier molecular flexibility index (Phi) is 4.28. The van der Waals surface area contributed by atoms with Gasteiger partial charge in [-0.05, 0) is 18.6 Å². The molecule has 0 aromatic carbocycles. The molecule has 0 spiro atoms. The van der Waals surface area contributed by atoms with Crippen LogP contribution >= 0.6 is 0 Å². The van der Waals surface area contributed by atoms with Crippen LogP contribution in [-0.2, 0) is 4.79 Å². The average Bonchev–Trinajstić information content (AvgIpc) is 2.29. The standard InChI is InChI=1S/C11H13N3O2/c1-2-3-10(11(15)16)14-9-5-4-8(6-12)13-7-9/h4-5,7,10,14H,2-3H2,1H3,(H,15,16). The number of nitriles is 1. The quantitative estimate of drug-likeness (QED) is 0.785. The molecule has 1 atom stereocenters. The summed E-state index contributed by atoms with van der Waals surface area (Å²) in [5, 5.41) is 20.3. The number of hydrogen-bond donors (Lipinski definition) is 2. The summed E-state index contributed by atoms with van der Waals surface area (Å²) in [6, 6.07) is 4.49. The van der Waals surface area contributed by atoms with E-state index >= 15 is 0 Å². The molecule has 5 heteroatoms. The number of aromatic nitrogens is 1. The molecule has 5 nitrogen and oxygen atoms in total. The van der Waals surface area contributed by atoms with Gasteiger partial charge in [-0.25, -0.2) is 9.78 Å². The molecule has 1 rings (SSSR count). The number of carboxylic acid groups (broad SMARTS) is 1. The Morgan fingerprint density at radius 3 is 2.88 bits per heavy atom. The Balaban J connectivity index is 2.70. The van der Waals surface area contributed by atoms with Crippen LogP contribution in [0.1, 0.15) is 25.5 Å². The lowest BCUT2D eigenvalue weighted by Gasteiger charge is -2.14. The van der Waals surface area contributed by atoms with Crippen molar-refractivity contribution in [3.63, 3.8) is 0 Å². The molecule has 1 unspecified atom stereocenters. The fraction of sp³-hybridized carbons (Fsp3) is 0.364. The Morgan fingerprint density at radius 1 is 1.69 bits per heavy atom. The molecule has 0 saturated heterocycles. The minimum absolute atomic E-state index is 0.313. The molecule has 0 amide bonds. The van der Waals surface area contributed by atoms with E-state index in [4.69, 9.17) is 10.4 Å². The molecule has 0 bridgehead atoms. The lowest BCUT2D eigenvalue weighted by atomic mass is 10.1. The molecule has 0 saturated carbocycles. The van der Waals surface area contributed by atoms with Gasteiger partial charge in [-0.1, -0.05) is 13.3 Å². The third-order valence-corrected chi connectivity index (χ3v) is 2.09. The summed E-state index contributed by atoms with van der Waals surface area (Å²) < 4.78 is 0. The van der Waals surface area contributed by atoms with Gasteiger partial charge >= 0.3 is 5.97 Å². The van der Waals surface area contributed by atoms with Crippen LogP contribution in [0.25, 0.3) is 0 Å². The third kappa shape index (κ3) is 3.24. The summed E-state index contributed by atoms with van der Waals surface area (Å²) >= 11 is 0. The molecule has 84 valence electrons. The highest BCUT2D eigenvalue weighted by Gasteiger charge is 2.15. The van der Waals surface area contributed by atoms with Crippen molar-refractivity contribution < 1.29 is 9.90 Å². The number of aliphatic carboxylic acids is 1. The van der Waals surface area contributed by atoms with Gasteiger partial charge in [0.2, 0.25) is 0 Å². The highest BCUT2D eigenvalue weighted by atomic mass is 16.4. The van der Waals surface area contributed by atoms with Crippen LogP contribution in [0.3, 0.4) is 0 Å². The Labute approximate surface area is 93.7 Å². The maximum atomic E-state index is 10.9. The van der Waals surface area contributed by atoms with Crippen LogP contribution in [0.5, 0.6) is 0 Å². The molecule has 0 aliphatic heterocycles. The predicted molar refractivity (Wildman–Crippen MR) is 58.9 cm³/mol. The van der Waals surface area contributed by atoms with Crippen LogP contribution < -0.4 is 5.32 Å². The largest absolute Gasteiger partial charge is 0.480 e. The zero-order valence-corrected chi connectivity index (χ0v) is 8.97. The van der Waals surface area contributed by atoms with Crippen molar-refractivity contribution >= 4 is 11.7 Å². The molecular weight excluding hydrogens is 206 g/mol. The van der Waals surface area contributed by atoms with Crippen molar-refractivity contribution in [3.05, 3.63) is 24.0 Å². The summed E-state index contributed by atoms with van der Waals surface area (Å²) in [6.07, 6.45) is 2.80. The van der Waals surface area contributed by atoms with E-state index in [1.807, 2.05) is 13.0 Å². The molecule has 1 aromatic rings. The van der Waals surface area contributed by atoms with Crippen LogP contribution in [-0.4, -0.2) is 22.1 Å². The van der Waals surface area contributed by atoms with E-state index in [0.29, 0.717) is 17.8 Å². The van der Waals surface area contributed by atoms with Gasteiger partial charge in [0.1, 0.15) is 17.8 Å². The summed E-state index contributed by atoms with van der Waals surface area (Å²) in [7, 11) is 0. The van der Waals surface area contributed by atoms with Crippen molar-refractivity contribution in [3.8, 4) is 6.07 Å². The first-order valence-electron chi connectivity index (χ1n) is 5.03. The van der Waals surface area contributed by atoms with Crippen molar-refractivity contribution in [1.82, 2.24) is 4.98 Å². The number of anilines is 1. The molecular formula is C11H13N3O2. The lowest BCUT2D eigenvalue weighted by molar-refractivity contribution is -0.138. The molecule has 1 heterocycles. The zero-order chi connectivity index (χ0) is 12.0. The van der Waals surface area contributed by atoms with Crippen molar-refractivity contribution in [2.24, 2.45) is 0 Å². The minimum Gasteiger partial charge on any atom is -0.480 e. The second-order valence-corrected chi connectivity index (χ2v) is 3.37. The molecule has 2 N–H and O–H groups in total. The number of nitrogens with one attached hydrogen (secondary N) is 1. The van der Waals surface area contributed by atoms with E-state index < -0.39 is 12.0 Å². The van der Waals surface area contributed by atoms with Gasteiger partial charge in [0.05, 0.1) is 11.9 Å². The number of rotatable bonds is 5. The van der Waals surface area contributed by atoms with Gasteiger partial charge in [-0.15, -0.1) is 0 Å². The van der Waals surface area contributed by atoms with Crippen LogP contribution in [0.2, 0.25) is 0 Å². The van der Waals surface area contributed by atoms with Crippen LogP contribution in [0, 0.1) is 11.3 Å². The van der Waals surface area contributed by atoms with E-state index in [9.17, 15) is 4.79 Å². The van der Waals surface area contributed by atoms with Gasteiger partial charge < -0.3 is 10.4 Å². The Hall–Kier alpha value is -2.09. The van der Waals surface area contributed by atoms with Crippen LogP contribution in [0.15, 0.2) is 18.3 Å². The summed E-state index contributed by atoms with van der Waals surface area (Å²) in [4.78, 5) is 14.7. The van der Waals surface area contributed by atoms with Gasteiger partial charge in [0, 0.05) is 0 Å². The maximum Gasteiger partial charge on any atom is 0.326 e. The van der Waals surface area contributed by atoms with Gasteiger partial charge in [0.15, 0.2) is 0 Å². The first-order chi connectivity index (χ1) is 7.67. The SMILES string of the molecule is CCCC(Nc1ccc(C#N)nc1)C(=O)O. The maximum absolute atomic E-state index is 10.9. The number of carbonyl (C=O) groups is 1. The van der Waals surface area contributed by atoms with Crippen molar-refractivity contribution in [2.75, 3.05) is 5.32 Å². The topological polar surface area (TPSA) is 86.0 Å². The minimum atomic E-state index is -0.883. The fourth-order valence-electron chi connectivity index (χ4n) is 1.29. The zero-order valence-electron chi connectivity index (χ0n) is 8.97. The van der Waals surface area contributed by atoms with Gasteiger partial charge in [0.25, 0.3) is 0 Å². The molecule has 0 radical (unpaired) electrons. The molecule has 16 heavy (non-hydrogen) atoms. The number of hydrogen-bond acceptors (Lipinski definition) is 4. The fourth-order valence-corrected chi connectivity index (χ4v) is 1.29.